The first-order valence-electron chi connectivity index (χ1n) is 6.50. The number of aliphatic carboxylic acids is 1. The molecule has 6 heteroatoms. The van der Waals surface area contributed by atoms with E-state index in [9.17, 15) is 9.59 Å². The molecule has 1 amide bonds. The summed E-state index contributed by atoms with van der Waals surface area (Å²) in [5.41, 5.74) is 0.322. The number of carboxylic acids is 1. The number of hydrogen-bond acceptors (Lipinski definition) is 3. The van der Waals surface area contributed by atoms with Crippen LogP contribution in [-0.2, 0) is 11.3 Å². The molecule has 2 rings (SSSR count). The topological polar surface area (TPSA) is 75.4 Å². The SMILES string of the molecule is CC1CC(C)CN(C(=O)c2ccn(CC(=O)O)n2)C1. The Morgan fingerprint density at radius 3 is 2.58 bits per heavy atom. The lowest BCUT2D eigenvalue weighted by atomic mass is 9.92. The fourth-order valence-electron chi connectivity index (χ4n) is 2.69. The van der Waals surface area contributed by atoms with Gasteiger partial charge in [-0.2, -0.15) is 5.10 Å². The van der Waals surface area contributed by atoms with E-state index in [0.717, 1.165) is 19.5 Å². The van der Waals surface area contributed by atoms with Crippen LogP contribution in [0.4, 0.5) is 0 Å². The van der Waals surface area contributed by atoms with Crippen LogP contribution in [0.2, 0.25) is 0 Å². The Kier molecular flexibility index (Phi) is 3.87. The molecule has 0 aliphatic carbocycles. The molecule has 1 N–H and O–H groups in total. The van der Waals surface area contributed by atoms with Crippen molar-refractivity contribution in [2.75, 3.05) is 13.1 Å². The van der Waals surface area contributed by atoms with Gasteiger partial charge in [-0.15, -0.1) is 0 Å². The van der Waals surface area contributed by atoms with E-state index in [1.165, 1.54) is 10.9 Å². The highest BCUT2D eigenvalue weighted by molar-refractivity contribution is 5.92. The van der Waals surface area contributed by atoms with Gasteiger partial charge in [0.2, 0.25) is 0 Å². The van der Waals surface area contributed by atoms with Crippen LogP contribution in [0.25, 0.3) is 0 Å². The van der Waals surface area contributed by atoms with Gasteiger partial charge in [-0.05, 0) is 24.3 Å². The summed E-state index contributed by atoms with van der Waals surface area (Å²) in [6.07, 6.45) is 2.66. The molecule has 0 bridgehead atoms. The number of piperidine rings is 1. The van der Waals surface area contributed by atoms with Crippen LogP contribution < -0.4 is 0 Å². The van der Waals surface area contributed by atoms with Crippen LogP contribution in [0.3, 0.4) is 0 Å². The van der Waals surface area contributed by atoms with Gasteiger partial charge in [-0.3, -0.25) is 14.3 Å². The third-order valence-electron chi connectivity index (χ3n) is 3.31. The summed E-state index contributed by atoms with van der Waals surface area (Å²) < 4.78 is 1.27. The predicted octanol–water partition coefficient (Wildman–Crippen LogP) is 1.09. The highest BCUT2D eigenvalue weighted by Gasteiger charge is 2.27. The van der Waals surface area contributed by atoms with Crippen molar-refractivity contribution in [3.05, 3.63) is 18.0 Å². The van der Waals surface area contributed by atoms with Crippen LogP contribution in [0, 0.1) is 11.8 Å². The lowest BCUT2D eigenvalue weighted by molar-refractivity contribution is -0.137. The van der Waals surface area contributed by atoms with Crippen molar-refractivity contribution in [2.45, 2.75) is 26.8 Å². The molecule has 1 aliphatic rings. The Morgan fingerprint density at radius 2 is 2.00 bits per heavy atom. The van der Waals surface area contributed by atoms with Crippen LogP contribution in [0.5, 0.6) is 0 Å². The van der Waals surface area contributed by atoms with Crippen molar-refractivity contribution >= 4 is 11.9 Å². The van der Waals surface area contributed by atoms with Crippen molar-refractivity contribution in [2.24, 2.45) is 11.8 Å². The Hall–Kier alpha value is -1.85. The van der Waals surface area contributed by atoms with Gasteiger partial charge < -0.3 is 10.0 Å². The summed E-state index contributed by atoms with van der Waals surface area (Å²) in [4.78, 5) is 24.7. The number of nitrogens with zero attached hydrogens (tertiary/aromatic N) is 3. The summed E-state index contributed by atoms with van der Waals surface area (Å²) in [6, 6.07) is 1.58. The molecule has 0 aromatic carbocycles. The molecule has 0 spiro atoms. The van der Waals surface area contributed by atoms with Gasteiger partial charge in [-0.1, -0.05) is 13.8 Å². The highest BCUT2D eigenvalue weighted by Crippen LogP contribution is 2.22. The molecule has 104 valence electrons. The van der Waals surface area contributed by atoms with Crippen LogP contribution >= 0.6 is 0 Å². The predicted molar refractivity (Wildman–Crippen MR) is 68.7 cm³/mol. The van der Waals surface area contributed by atoms with Crippen LogP contribution in [0.1, 0.15) is 30.8 Å². The molecule has 6 nitrogen and oxygen atoms in total. The Morgan fingerprint density at radius 1 is 1.37 bits per heavy atom. The number of rotatable bonds is 3. The zero-order valence-corrected chi connectivity index (χ0v) is 11.2. The van der Waals surface area contributed by atoms with Gasteiger partial charge >= 0.3 is 5.97 Å². The molecule has 1 fully saturated rings. The van der Waals surface area contributed by atoms with Crippen molar-refractivity contribution in [3.63, 3.8) is 0 Å². The molecule has 2 unspecified atom stereocenters. The molecular weight excluding hydrogens is 246 g/mol. The fraction of sp³-hybridized carbons (Fsp3) is 0.615. The van der Waals surface area contributed by atoms with E-state index >= 15 is 0 Å². The van der Waals surface area contributed by atoms with Gasteiger partial charge in [-0.25, -0.2) is 0 Å². The van der Waals surface area contributed by atoms with E-state index in [1.807, 2.05) is 4.90 Å². The standard InChI is InChI=1S/C13H19N3O3/c1-9-5-10(2)7-15(6-9)13(19)11-3-4-16(14-11)8-12(17)18/h3-4,9-10H,5-8H2,1-2H3,(H,17,18). The average Bonchev–Trinajstić information content (AvgIpc) is 2.74. The van der Waals surface area contributed by atoms with E-state index in [1.54, 1.807) is 6.07 Å². The third-order valence-corrected chi connectivity index (χ3v) is 3.31. The van der Waals surface area contributed by atoms with Crippen molar-refractivity contribution in [3.8, 4) is 0 Å². The first-order valence-corrected chi connectivity index (χ1v) is 6.50. The number of aromatic nitrogens is 2. The molecule has 0 radical (unpaired) electrons. The van der Waals surface area contributed by atoms with E-state index < -0.39 is 5.97 Å². The number of carboxylic acid groups (broad SMARTS) is 1. The minimum absolute atomic E-state index is 0.109. The summed E-state index contributed by atoms with van der Waals surface area (Å²) in [5.74, 6) is -0.0903. The van der Waals surface area contributed by atoms with Crippen LogP contribution in [-0.4, -0.2) is 44.8 Å². The van der Waals surface area contributed by atoms with Gasteiger partial charge in [0.1, 0.15) is 12.2 Å². The van der Waals surface area contributed by atoms with E-state index in [4.69, 9.17) is 5.11 Å². The third kappa shape index (κ3) is 3.33. The van der Waals surface area contributed by atoms with Crippen molar-refractivity contribution < 1.29 is 14.7 Å². The molecule has 0 saturated carbocycles. The number of amides is 1. The summed E-state index contributed by atoms with van der Waals surface area (Å²) in [5, 5.41) is 12.7. The molecule has 1 aromatic heterocycles. The zero-order chi connectivity index (χ0) is 14.0. The van der Waals surface area contributed by atoms with Gasteiger partial charge in [0, 0.05) is 19.3 Å². The quantitative estimate of drug-likeness (QED) is 0.887. The molecule has 19 heavy (non-hydrogen) atoms. The molecule has 2 heterocycles. The molecular formula is C13H19N3O3. The number of likely N-dealkylation sites (tertiary alicyclic amines) is 1. The van der Waals surface area contributed by atoms with E-state index in [-0.39, 0.29) is 12.5 Å². The first-order chi connectivity index (χ1) is 8.95. The minimum Gasteiger partial charge on any atom is -0.480 e. The summed E-state index contributed by atoms with van der Waals surface area (Å²) in [6.45, 7) is 5.54. The average molecular weight is 265 g/mol. The minimum atomic E-state index is -0.970. The smallest absolute Gasteiger partial charge is 0.325 e. The van der Waals surface area contributed by atoms with Crippen LogP contribution in [0.15, 0.2) is 12.3 Å². The monoisotopic (exact) mass is 265 g/mol. The summed E-state index contributed by atoms with van der Waals surface area (Å²) >= 11 is 0. The Balaban J connectivity index is 2.06. The number of carbonyl (C=O) groups is 2. The highest BCUT2D eigenvalue weighted by atomic mass is 16.4. The Bertz CT molecular complexity index is 473. The van der Waals surface area contributed by atoms with E-state index in [0.29, 0.717) is 17.5 Å². The van der Waals surface area contributed by atoms with Gasteiger partial charge in [0.25, 0.3) is 5.91 Å². The maximum atomic E-state index is 12.3. The summed E-state index contributed by atoms with van der Waals surface area (Å²) in [7, 11) is 0. The lowest BCUT2D eigenvalue weighted by Gasteiger charge is -2.34. The van der Waals surface area contributed by atoms with Crippen molar-refractivity contribution in [1.82, 2.24) is 14.7 Å². The van der Waals surface area contributed by atoms with Gasteiger partial charge in [0.15, 0.2) is 0 Å². The Labute approximate surface area is 112 Å². The van der Waals surface area contributed by atoms with Crippen molar-refractivity contribution in [1.29, 1.82) is 0 Å². The molecule has 1 saturated heterocycles. The number of hydrogen-bond donors (Lipinski definition) is 1. The maximum absolute atomic E-state index is 12.3. The second-order valence-electron chi connectivity index (χ2n) is 5.45. The molecule has 1 aliphatic heterocycles. The normalized spacial score (nSPS) is 23.4. The zero-order valence-electron chi connectivity index (χ0n) is 11.2. The largest absolute Gasteiger partial charge is 0.480 e. The second kappa shape index (κ2) is 5.42. The van der Waals surface area contributed by atoms with E-state index in [2.05, 4.69) is 18.9 Å². The maximum Gasteiger partial charge on any atom is 0.325 e. The first kappa shape index (κ1) is 13.6. The molecule has 1 aromatic rings. The second-order valence-corrected chi connectivity index (χ2v) is 5.45. The lowest BCUT2D eigenvalue weighted by Crippen LogP contribution is -2.42. The van der Waals surface area contributed by atoms with Gasteiger partial charge in [0.05, 0.1) is 0 Å². The number of carbonyl (C=O) groups excluding carboxylic acids is 1. The fourth-order valence-corrected chi connectivity index (χ4v) is 2.69. The molecule has 2 atom stereocenters.